The summed E-state index contributed by atoms with van der Waals surface area (Å²) in [6.07, 6.45) is 1.48. The Kier molecular flexibility index (Phi) is 2.62. The molecule has 0 aromatic heterocycles. The minimum absolute atomic E-state index is 0.403. The Hall–Kier alpha value is -1.51. The molecule has 0 fully saturated rings. The first kappa shape index (κ1) is 10.0. The van der Waals surface area contributed by atoms with E-state index >= 15 is 0 Å². The van der Waals surface area contributed by atoms with Gasteiger partial charge in [-0.15, -0.1) is 0 Å². The summed E-state index contributed by atoms with van der Waals surface area (Å²) in [6, 6.07) is 5.82. The lowest BCUT2D eigenvalue weighted by molar-refractivity contribution is -0.139. The summed E-state index contributed by atoms with van der Waals surface area (Å²) < 4.78 is 5.44. The molecule has 0 amide bonds. The third-order valence-corrected chi connectivity index (χ3v) is 2.82. The molecule has 0 saturated carbocycles. The van der Waals surface area contributed by atoms with Crippen LogP contribution in [-0.4, -0.2) is 17.7 Å². The van der Waals surface area contributed by atoms with Crippen LogP contribution < -0.4 is 4.74 Å². The Bertz CT molecular complexity index is 384. The van der Waals surface area contributed by atoms with Gasteiger partial charge in [-0.05, 0) is 24.5 Å². The van der Waals surface area contributed by atoms with Gasteiger partial charge in [0, 0.05) is 5.56 Å². The van der Waals surface area contributed by atoms with Gasteiger partial charge in [0.2, 0.25) is 0 Å². The molecule has 3 heteroatoms. The molecule has 80 valence electrons. The smallest absolute Gasteiger partial charge is 0.311 e. The van der Waals surface area contributed by atoms with Gasteiger partial charge in [0.05, 0.1) is 12.5 Å². The molecule has 2 rings (SSSR count). The zero-order valence-electron chi connectivity index (χ0n) is 8.69. The van der Waals surface area contributed by atoms with Crippen LogP contribution in [0.5, 0.6) is 5.75 Å². The van der Waals surface area contributed by atoms with Crippen molar-refractivity contribution in [3.63, 3.8) is 0 Å². The van der Waals surface area contributed by atoms with E-state index in [4.69, 9.17) is 9.84 Å². The minimum atomic E-state index is -0.757. The summed E-state index contributed by atoms with van der Waals surface area (Å²) in [5.41, 5.74) is 1.98. The van der Waals surface area contributed by atoms with Gasteiger partial charge in [-0.1, -0.05) is 19.1 Å². The summed E-state index contributed by atoms with van der Waals surface area (Å²) in [4.78, 5) is 11.1. The Morgan fingerprint density at radius 3 is 3.07 bits per heavy atom. The van der Waals surface area contributed by atoms with E-state index in [1.54, 1.807) is 0 Å². The van der Waals surface area contributed by atoms with E-state index in [0.29, 0.717) is 13.0 Å². The van der Waals surface area contributed by atoms with Crippen molar-refractivity contribution in [3.8, 4) is 5.75 Å². The number of ether oxygens (including phenoxy) is 1. The molecule has 1 aromatic carbocycles. The van der Waals surface area contributed by atoms with E-state index in [1.807, 2.05) is 18.2 Å². The molecular weight excluding hydrogens is 192 g/mol. The standard InChI is InChI=1S/C12H14O3/c1-2-8-3-4-11-10(7-8)9(12(13)14)5-6-15-11/h3-4,7,9H,2,5-6H2,1H3,(H,13,14). The highest BCUT2D eigenvalue weighted by Crippen LogP contribution is 2.34. The van der Waals surface area contributed by atoms with E-state index < -0.39 is 11.9 Å². The van der Waals surface area contributed by atoms with Crippen LogP contribution in [0.4, 0.5) is 0 Å². The summed E-state index contributed by atoms with van der Waals surface area (Å²) in [7, 11) is 0. The topological polar surface area (TPSA) is 46.5 Å². The molecule has 1 heterocycles. The molecular formula is C12H14O3. The molecule has 0 radical (unpaired) electrons. The van der Waals surface area contributed by atoms with Crippen molar-refractivity contribution in [1.82, 2.24) is 0 Å². The summed E-state index contributed by atoms with van der Waals surface area (Å²) >= 11 is 0. The van der Waals surface area contributed by atoms with E-state index in [2.05, 4.69) is 6.92 Å². The second-order valence-electron chi connectivity index (χ2n) is 3.75. The average Bonchev–Trinajstić information content (AvgIpc) is 2.27. The summed E-state index contributed by atoms with van der Waals surface area (Å²) in [5, 5.41) is 9.09. The number of aryl methyl sites for hydroxylation is 1. The lowest BCUT2D eigenvalue weighted by Gasteiger charge is -2.23. The van der Waals surface area contributed by atoms with Gasteiger partial charge in [-0.2, -0.15) is 0 Å². The van der Waals surface area contributed by atoms with Crippen LogP contribution in [0.25, 0.3) is 0 Å². The molecule has 3 nitrogen and oxygen atoms in total. The van der Waals surface area contributed by atoms with Crippen molar-refractivity contribution in [2.75, 3.05) is 6.61 Å². The number of fused-ring (bicyclic) bond motifs is 1. The van der Waals surface area contributed by atoms with Crippen molar-refractivity contribution >= 4 is 5.97 Å². The van der Waals surface area contributed by atoms with Crippen molar-refractivity contribution < 1.29 is 14.6 Å². The van der Waals surface area contributed by atoms with E-state index in [9.17, 15) is 4.79 Å². The van der Waals surface area contributed by atoms with Gasteiger partial charge in [0.15, 0.2) is 0 Å². The fourth-order valence-corrected chi connectivity index (χ4v) is 1.92. The van der Waals surface area contributed by atoms with Crippen molar-refractivity contribution in [1.29, 1.82) is 0 Å². The van der Waals surface area contributed by atoms with E-state index in [1.165, 1.54) is 0 Å². The number of carboxylic acid groups (broad SMARTS) is 1. The quantitative estimate of drug-likeness (QED) is 0.806. The molecule has 1 atom stereocenters. The molecule has 15 heavy (non-hydrogen) atoms. The Balaban J connectivity index is 2.43. The normalized spacial score (nSPS) is 19.1. The zero-order valence-corrected chi connectivity index (χ0v) is 8.69. The molecule has 0 bridgehead atoms. The summed E-state index contributed by atoms with van der Waals surface area (Å²) in [6.45, 7) is 2.55. The minimum Gasteiger partial charge on any atom is -0.493 e. The Morgan fingerprint density at radius 1 is 1.60 bits per heavy atom. The number of rotatable bonds is 2. The van der Waals surface area contributed by atoms with Gasteiger partial charge < -0.3 is 9.84 Å². The predicted molar refractivity (Wildman–Crippen MR) is 56.3 cm³/mol. The summed E-state index contributed by atoms with van der Waals surface area (Å²) in [5.74, 6) is -0.432. The maximum atomic E-state index is 11.1. The van der Waals surface area contributed by atoms with Crippen molar-refractivity contribution in [2.45, 2.75) is 25.7 Å². The molecule has 1 aromatic rings. The van der Waals surface area contributed by atoms with Gasteiger partial charge in [-0.3, -0.25) is 4.79 Å². The molecule has 1 aliphatic rings. The van der Waals surface area contributed by atoms with Crippen molar-refractivity contribution in [3.05, 3.63) is 29.3 Å². The second kappa shape index (κ2) is 3.93. The van der Waals surface area contributed by atoms with Crippen LogP contribution >= 0.6 is 0 Å². The Labute approximate surface area is 88.7 Å². The van der Waals surface area contributed by atoms with Gasteiger partial charge in [0.1, 0.15) is 5.75 Å². The monoisotopic (exact) mass is 206 g/mol. The van der Waals surface area contributed by atoms with Crippen LogP contribution in [0, 0.1) is 0 Å². The highest BCUT2D eigenvalue weighted by molar-refractivity contribution is 5.77. The lowest BCUT2D eigenvalue weighted by atomic mass is 9.91. The first-order valence-electron chi connectivity index (χ1n) is 5.20. The van der Waals surface area contributed by atoms with E-state index in [-0.39, 0.29) is 0 Å². The largest absolute Gasteiger partial charge is 0.493 e. The van der Waals surface area contributed by atoms with Gasteiger partial charge in [-0.25, -0.2) is 0 Å². The maximum Gasteiger partial charge on any atom is 0.311 e. The van der Waals surface area contributed by atoms with Crippen LogP contribution in [0.15, 0.2) is 18.2 Å². The first-order valence-corrected chi connectivity index (χ1v) is 5.20. The third-order valence-electron chi connectivity index (χ3n) is 2.82. The molecule has 1 N–H and O–H groups in total. The Morgan fingerprint density at radius 2 is 2.40 bits per heavy atom. The lowest BCUT2D eigenvalue weighted by Crippen LogP contribution is -2.21. The van der Waals surface area contributed by atoms with Gasteiger partial charge in [0.25, 0.3) is 0 Å². The second-order valence-corrected chi connectivity index (χ2v) is 3.75. The maximum absolute atomic E-state index is 11.1. The number of aliphatic carboxylic acids is 1. The molecule has 0 aliphatic carbocycles. The number of carbonyl (C=O) groups is 1. The first-order chi connectivity index (χ1) is 7.22. The zero-order chi connectivity index (χ0) is 10.8. The molecule has 1 unspecified atom stereocenters. The SMILES string of the molecule is CCc1ccc2c(c1)C(C(=O)O)CCO2. The number of hydrogen-bond acceptors (Lipinski definition) is 2. The van der Waals surface area contributed by atoms with Crippen LogP contribution in [0.1, 0.15) is 30.4 Å². The molecule has 0 spiro atoms. The van der Waals surface area contributed by atoms with Gasteiger partial charge >= 0.3 is 5.97 Å². The van der Waals surface area contributed by atoms with Crippen LogP contribution in [-0.2, 0) is 11.2 Å². The highest BCUT2D eigenvalue weighted by atomic mass is 16.5. The predicted octanol–water partition coefficient (Wildman–Crippen LogP) is 2.20. The molecule has 1 aliphatic heterocycles. The molecule has 0 saturated heterocycles. The fraction of sp³-hybridized carbons (Fsp3) is 0.417. The highest BCUT2D eigenvalue weighted by Gasteiger charge is 2.27. The third kappa shape index (κ3) is 1.82. The van der Waals surface area contributed by atoms with Crippen molar-refractivity contribution in [2.24, 2.45) is 0 Å². The number of carboxylic acids is 1. The van der Waals surface area contributed by atoms with Crippen LogP contribution in [0.2, 0.25) is 0 Å². The number of benzene rings is 1. The number of hydrogen-bond donors (Lipinski definition) is 1. The fourth-order valence-electron chi connectivity index (χ4n) is 1.92. The average molecular weight is 206 g/mol. The van der Waals surface area contributed by atoms with Crippen LogP contribution in [0.3, 0.4) is 0 Å². The van der Waals surface area contributed by atoms with E-state index in [0.717, 1.165) is 23.3 Å².